The number of hydrogen-bond acceptors (Lipinski definition) is 5. The van der Waals surface area contributed by atoms with Crippen LogP contribution in [0.25, 0.3) is 0 Å². The van der Waals surface area contributed by atoms with Gasteiger partial charge in [-0.15, -0.1) is 0 Å². The number of carbonyl (C=O) groups is 2. The van der Waals surface area contributed by atoms with Crippen molar-refractivity contribution in [3.8, 4) is 11.5 Å². The molecule has 0 fully saturated rings. The summed E-state index contributed by atoms with van der Waals surface area (Å²) in [4.78, 5) is 22.8. The van der Waals surface area contributed by atoms with Gasteiger partial charge < -0.3 is 19.5 Å². The molecule has 6 nitrogen and oxygen atoms in total. The molecule has 0 aliphatic carbocycles. The average Bonchev–Trinajstić information content (AvgIpc) is 2.52. The van der Waals surface area contributed by atoms with Crippen LogP contribution in [-0.2, 0) is 20.7 Å². The topological polar surface area (TPSA) is 73.9 Å². The Kier molecular flexibility index (Phi) is 7.22. The van der Waals surface area contributed by atoms with E-state index in [1.54, 1.807) is 28.1 Å². The lowest BCUT2D eigenvalue weighted by Gasteiger charge is -2.10. The van der Waals surface area contributed by atoms with Gasteiger partial charge in [0, 0.05) is 6.54 Å². The summed E-state index contributed by atoms with van der Waals surface area (Å²) in [5.41, 5.74) is 1.01. The molecule has 0 saturated carbocycles. The maximum Gasteiger partial charge on any atom is 0.308 e. The van der Waals surface area contributed by atoms with Gasteiger partial charge in [-0.25, -0.2) is 0 Å². The Morgan fingerprint density at radius 2 is 1.82 bits per heavy atom. The van der Waals surface area contributed by atoms with Crippen molar-refractivity contribution in [3.63, 3.8) is 0 Å². The number of benzene rings is 1. The molecule has 0 heterocycles. The van der Waals surface area contributed by atoms with Crippen molar-refractivity contribution < 1.29 is 23.8 Å². The molecule has 1 amide bonds. The normalized spacial score (nSPS) is 10.2. The zero-order valence-corrected chi connectivity index (χ0v) is 13.5. The lowest BCUT2D eigenvalue weighted by Crippen LogP contribution is -2.31. The molecular weight excluding hydrogens is 286 g/mol. The lowest BCUT2D eigenvalue weighted by molar-refractivity contribution is -0.151. The van der Waals surface area contributed by atoms with Gasteiger partial charge in [0.05, 0.1) is 20.1 Å². The second-order valence-corrected chi connectivity index (χ2v) is 5.05. The van der Waals surface area contributed by atoms with Crippen molar-refractivity contribution in [2.45, 2.75) is 20.3 Å². The number of rotatable bonds is 8. The molecule has 0 unspecified atom stereocenters. The van der Waals surface area contributed by atoms with Crippen LogP contribution in [0.1, 0.15) is 19.4 Å². The van der Waals surface area contributed by atoms with Crippen LogP contribution in [0.5, 0.6) is 11.5 Å². The average molecular weight is 309 g/mol. The number of carbonyl (C=O) groups excluding carboxylic acids is 2. The van der Waals surface area contributed by atoms with Gasteiger partial charge >= 0.3 is 5.97 Å². The molecule has 1 rings (SSSR count). The molecule has 0 aromatic heterocycles. The van der Waals surface area contributed by atoms with E-state index in [9.17, 15) is 9.59 Å². The van der Waals surface area contributed by atoms with Crippen LogP contribution < -0.4 is 14.8 Å². The Hall–Kier alpha value is -2.24. The molecule has 122 valence electrons. The minimum atomic E-state index is -0.380. The van der Waals surface area contributed by atoms with Crippen molar-refractivity contribution in [2.75, 3.05) is 27.4 Å². The van der Waals surface area contributed by atoms with Crippen molar-refractivity contribution in [2.24, 2.45) is 5.92 Å². The van der Waals surface area contributed by atoms with E-state index < -0.39 is 0 Å². The van der Waals surface area contributed by atoms with Gasteiger partial charge in [0.15, 0.2) is 18.1 Å². The molecule has 0 radical (unpaired) electrons. The van der Waals surface area contributed by atoms with Crippen LogP contribution in [0.3, 0.4) is 0 Å². The van der Waals surface area contributed by atoms with E-state index in [0.717, 1.165) is 5.56 Å². The summed E-state index contributed by atoms with van der Waals surface area (Å²) in [6.45, 7) is 3.64. The van der Waals surface area contributed by atoms with Crippen molar-refractivity contribution >= 4 is 11.9 Å². The molecule has 22 heavy (non-hydrogen) atoms. The van der Waals surface area contributed by atoms with Gasteiger partial charge in [-0.2, -0.15) is 0 Å². The SMILES string of the molecule is COc1ccc(CCNC(=O)COC(=O)C(C)C)cc1OC. The number of methoxy groups -OCH3 is 2. The third-order valence-corrected chi connectivity index (χ3v) is 3.00. The minimum Gasteiger partial charge on any atom is -0.493 e. The van der Waals surface area contributed by atoms with E-state index in [1.165, 1.54) is 0 Å². The van der Waals surface area contributed by atoms with Gasteiger partial charge in [0.2, 0.25) is 0 Å². The molecule has 0 aliphatic heterocycles. The van der Waals surface area contributed by atoms with Gasteiger partial charge in [-0.05, 0) is 24.1 Å². The molecule has 1 aromatic carbocycles. The zero-order valence-electron chi connectivity index (χ0n) is 13.5. The Morgan fingerprint density at radius 1 is 1.14 bits per heavy atom. The molecule has 0 atom stereocenters. The van der Waals surface area contributed by atoms with E-state index in [1.807, 2.05) is 18.2 Å². The number of ether oxygens (including phenoxy) is 3. The quantitative estimate of drug-likeness (QED) is 0.738. The molecule has 0 saturated heterocycles. The van der Waals surface area contributed by atoms with E-state index in [0.29, 0.717) is 24.5 Å². The molecule has 0 bridgehead atoms. The maximum atomic E-state index is 11.6. The Labute approximate surface area is 130 Å². The second kappa shape index (κ2) is 8.92. The van der Waals surface area contributed by atoms with Crippen molar-refractivity contribution in [1.29, 1.82) is 0 Å². The molecule has 1 N–H and O–H groups in total. The van der Waals surface area contributed by atoms with E-state index in [-0.39, 0.29) is 24.4 Å². The summed E-state index contributed by atoms with van der Waals surface area (Å²) in [7, 11) is 3.16. The van der Waals surface area contributed by atoms with E-state index >= 15 is 0 Å². The fourth-order valence-corrected chi connectivity index (χ4v) is 1.74. The fraction of sp³-hybridized carbons (Fsp3) is 0.500. The molecular formula is C16H23NO5. The third kappa shape index (κ3) is 5.63. The smallest absolute Gasteiger partial charge is 0.308 e. The van der Waals surface area contributed by atoms with Crippen LogP contribution in [0, 0.1) is 5.92 Å². The second-order valence-electron chi connectivity index (χ2n) is 5.05. The van der Waals surface area contributed by atoms with Crippen LogP contribution in [0.15, 0.2) is 18.2 Å². The highest BCUT2D eigenvalue weighted by atomic mass is 16.5. The Balaban J connectivity index is 2.38. The summed E-state index contributed by atoms with van der Waals surface area (Å²) in [6, 6.07) is 5.59. The van der Waals surface area contributed by atoms with Crippen LogP contribution in [-0.4, -0.2) is 39.2 Å². The van der Waals surface area contributed by atoms with E-state index in [4.69, 9.17) is 14.2 Å². The van der Waals surface area contributed by atoms with Crippen LogP contribution >= 0.6 is 0 Å². The van der Waals surface area contributed by atoms with Crippen LogP contribution in [0.4, 0.5) is 0 Å². The third-order valence-electron chi connectivity index (χ3n) is 3.00. The predicted octanol–water partition coefficient (Wildman–Crippen LogP) is 1.56. The number of nitrogens with one attached hydrogen (secondary N) is 1. The minimum absolute atomic E-state index is 0.237. The van der Waals surface area contributed by atoms with Gasteiger partial charge in [-0.1, -0.05) is 19.9 Å². The zero-order chi connectivity index (χ0) is 16.5. The van der Waals surface area contributed by atoms with E-state index in [2.05, 4.69) is 5.32 Å². The molecule has 1 aromatic rings. The summed E-state index contributed by atoms with van der Waals surface area (Å²) in [5.74, 6) is 0.386. The standard InChI is InChI=1S/C16H23NO5/c1-11(2)16(19)22-10-15(18)17-8-7-12-5-6-13(20-3)14(9-12)21-4/h5-6,9,11H,7-8,10H2,1-4H3,(H,17,18). The summed E-state index contributed by atoms with van der Waals surface area (Å²) < 4.78 is 15.2. The number of esters is 1. The lowest BCUT2D eigenvalue weighted by atomic mass is 10.1. The first-order valence-corrected chi connectivity index (χ1v) is 7.12. The Bertz CT molecular complexity index is 513. The fourth-order valence-electron chi connectivity index (χ4n) is 1.74. The largest absolute Gasteiger partial charge is 0.493 e. The summed E-state index contributed by atoms with van der Waals surface area (Å²) >= 11 is 0. The predicted molar refractivity (Wildman–Crippen MR) is 82.1 cm³/mol. The monoisotopic (exact) mass is 309 g/mol. The summed E-state index contributed by atoms with van der Waals surface area (Å²) in [5, 5.41) is 2.70. The molecule has 0 spiro atoms. The first kappa shape index (κ1) is 17.8. The van der Waals surface area contributed by atoms with Gasteiger partial charge in [0.1, 0.15) is 0 Å². The number of hydrogen-bond donors (Lipinski definition) is 1. The number of amides is 1. The highest BCUT2D eigenvalue weighted by Gasteiger charge is 2.11. The maximum absolute atomic E-state index is 11.6. The highest BCUT2D eigenvalue weighted by Crippen LogP contribution is 2.27. The highest BCUT2D eigenvalue weighted by molar-refractivity contribution is 5.80. The summed E-state index contributed by atoms with van der Waals surface area (Å²) in [6.07, 6.45) is 0.643. The van der Waals surface area contributed by atoms with Gasteiger partial charge in [0.25, 0.3) is 5.91 Å². The molecule has 0 aliphatic rings. The first-order valence-electron chi connectivity index (χ1n) is 7.12. The van der Waals surface area contributed by atoms with Crippen molar-refractivity contribution in [1.82, 2.24) is 5.32 Å². The van der Waals surface area contributed by atoms with Crippen molar-refractivity contribution in [3.05, 3.63) is 23.8 Å². The molecule has 6 heteroatoms. The Morgan fingerprint density at radius 3 is 2.41 bits per heavy atom. The van der Waals surface area contributed by atoms with Crippen LogP contribution in [0.2, 0.25) is 0 Å². The first-order chi connectivity index (χ1) is 10.5. The van der Waals surface area contributed by atoms with Gasteiger partial charge in [-0.3, -0.25) is 9.59 Å².